The van der Waals surface area contributed by atoms with Crippen molar-refractivity contribution < 1.29 is 19.4 Å². The molecule has 4 rings (SSSR count). The average molecular weight is 344 g/mol. The minimum atomic E-state index is -0.824. The quantitative estimate of drug-likeness (QED) is 0.875. The van der Waals surface area contributed by atoms with Gasteiger partial charge in [0.1, 0.15) is 0 Å². The highest BCUT2D eigenvalue weighted by Gasteiger charge is 2.53. The Hall–Kier alpha value is -2.08. The fourth-order valence-electron chi connectivity index (χ4n) is 4.83. The van der Waals surface area contributed by atoms with Gasteiger partial charge in [0, 0.05) is 24.5 Å². The van der Waals surface area contributed by atoms with E-state index in [0.29, 0.717) is 0 Å². The van der Waals surface area contributed by atoms with Crippen molar-refractivity contribution in [2.45, 2.75) is 19.3 Å². The number of carbonyl (C=O) groups is 2. The largest absolute Gasteiger partial charge is 0.481 e. The highest BCUT2D eigenvalue weighted by Crippen LogP contribution is 2.52. The Labute approximate surface area is 147 Å². The second-order valence-electron chi connectivity index (χ2n) is 7.36. The first kappa shape index (κ1) is 16.4. The fourth-order valence-corrected chi connectivity index (χ4v) is 4.83. The van der Waals surface area contributed by atoms with Gasteiger partial charge in [0.25, 0.3) is 0 Å². The lowest BCUT2D eigenvalue weighted by atomic mass is 9.78. The number of ether oxygens (including phenoxy) is 1. The number of fused-ring (bicyclic) bond motifs is 2. The van der Waals surface area contributed by atoms with Gasteiger partial charge in [0.15, 0.2) is 0 Å². The first-order valence-corrected chi connectivity index (χ1v) is 9.10. The molecule has 6 nitrogen and oxygen atoms in total. The average Bonchev–Trinajstić information content (AvgIpc) is 3.24. The summed E-state index contributed by atoms with van der Waals surface area (Å²) < 4.78 is 5.36. The highest BCUT2D eigenvalue weighted by atomic mass is 16.5. The third kappa shape index (κ3) is 3.11. The number of nitrogens with one attached hydrogen (secondary N) is 1. The van der Waals surface area contributed by atoms with Crippen LogP contribution in [-0.4, -0.2) is 43.3 Å². The number of morpholine rings is 1. The molecule has 0 radical (unpaired) electrons. The molecular formula is C19H24N2O4. The summed E-state index contributed by atoms with van der Waals surface area (Å²) in [7, 11) is 0. The first-order valence-electron chi connectivity index (χ1n) is 9.10. The number of hydrogen-bond acceptors (Lipinski definition) is 4. The second-order valence-corrected chi connectivity index (χ2v) is 7.36. The molecule has 1 saturated heterocycles. The number of aliphatic carboxylic acids is 1. The lowest BCUT2D eigenvalue weighted by Gasteiger charge is -2.29. The van der Waals surface area contributed by atoms with E-state index in [1.165, 1.54) is 0 Å². The summed E-state index contributed by atoms with van der Waals surface area (Å²) in [6.07, 6.45) is 2.80. The summed E-state index contributed by atoms with van der Waals surface area (Å²) in [6.45, 7) is 3.22. The molecule has 2 aliphatic carbocycles. The maximum Gasteiger partial charge on any atom is 0.307 e. The van der Waals surface area contributed by atoms with Gasteiger partial charge in [0.2, 0.25) is 5.91 Å². The number of carbonyl (C=O) groups excluding carboxylic acids is 1. The molecule has 2 N–H and O–H groups in total. The van der Waals surface area contributed by atoms with E-state index in [1.54, 1.807) is 0 Å². The smallest absolute Gasteiger partial charge is 0.307 e. The van der Waals surface area contributed by atoms with E-state index in [9.17, 15) is 14.7 Å². The molecule has 3 aliphatic rings. The molecule has 1 aromatic rings. The van der Waals surface area contributed by atoms with E-state index in [2.05, 4.69) is 10.2 Å². The van der Waals surface area contributed by atoms with Crippen LogP contribution in [0.1, 0.15) is 19.3 Å². The van der Waals surface area contributed by atoms with E-state index in [4.69, 9.17) is 4.74 Å². The third-order valence-electron chi connectivity index (χ3n) is 6.02. The summed E-state index contributed by atoms with van der Waals surface area (Å²) in [5.74, 6) is -1.49. The lowest BCUT2D eigenvalue weighted by molar-refractivity contribution is -0.148. The van der Waals surface area contributed by atoms with Crippen LogP contribution < -0.4 is 10.2 Å². The predicted molar refractivity (Wildman–Crippen MR) is 93.6 cm³/mol. The van der Waals surface area contributed by atoms with Gasteiger partial charge >= 0.3 is 5.97 Å². The maximum absolute atomic E-state index is 12.7. The summed E-state index contributed by atoms with van der Waals surface area (Å²) in [4.78, 5) is 26.5. The molecule has 0 aromatic heterocycles. The number of rotatable bonds is 4. The van der Waals surface area contributed by atoms with Gasteiger partial charge in [-0.1, -0.05) is 0 Å². The van der Waals surface area contributed by atoms with Crippen LogP contribution in [0.2, 0.25) is 0 Å². The number of nitrogens with zero attached hydrogens (tertiary/aromatic N) is 1. The van der Waals surface area contributed by atoms with Crippen LogP contribution in [0.15, 0.2) is 24.3 Å². The zero-order valence-electron chi connectivity index (χ0n) is 14.2. The van der Waals surface area contributed by atoms with Crippen molar-refractivity contribution in [1.82, 2.24) is 0 Å². The Morgan fingerprint density at radius 1 is 1.04 bits per heavy atom. The lowest BCUT2D eigenvalue weighted by Crippen LogP contribution is -2.38. The van der Waals surface area contributed by atoms with E-state index in [-0.39, 0.29) is 17.7 Å². The number of benzene rings is 1. The molecule has 1 heterocycles. The van der Waals surface area contributed by atoms with E-state index >= 15 is 0 Å². The Morgan fingerprint density at radius 3 is 2.32 bits per heavy atom. The van der Waals surface area contributed by atoms with Crippen LogP contribution >= 0.6 is 0 Å². The number of carboxylic acids is 1. The molecule has 6 heteroatoms. The van der Waals surface area contributed by atoms with Crippen molar-refractivity contribution in [2.24, 2.45) is 23.7 Å². The van der Waals surface area contributed by atoms with Crippen molar-refractivity contribution in [1.29, 1.82) is 0 Å². The summed E-state index contributed by atoms with van der Waals surface area (Å²) in [6, 6.07) is 7.78. The van der Waals surface area contributed by atoms with E-state index < -0.39 is 17.8 Å². The summed E-state index contributed by atoms with van der Waals surface area (Å²) in [5, 5.41) is 12.4. The van der Waals surface area contributed by atoms with Gasteiger partial charge in [-0.15, -0.1) is 0 Å². The Bertz CT molecular complexity index is 654. The molecule has 2 saturated carbocycles. The van der Waals surface area contributed by atoms with Crippen LogP contribution in [0.5, 0.6) is 0 Å². The molecule has 0 spiro atoms. The first-order chi connectivity index (χ1) is 12.1. The van der Waals surface area contributed by atoms with E-state index in [1.807, 2.05) is 24.3 Å². The molecule has 1 aliphatic heterocycles. The predicted octanol–water partition coefficient (Wildman–Crippen LogP) is 2.21. The normalized spacial score (nSPS) is 31.1. The topological polar surface area (TPSA) is 78.9 Å². The van der Waals surface area contributed by atoms with Crippen molar-refractivity contribution in [3.63, 3.8) is 0 Å². The summed E-state index contributed by atoms with van der Waals surface area (Å²) in [5.41, 5.74) is 1.85. The molecule has 0 unspecified atom stereocenters. The number of carboxylic acid groups (broad SMARTS) is 1. The zero-order chi connectivity index (χ0) is 17.4. The van der Waals surface area contributed by atoms with Crippen LogP contribution in [0.25, 0.3) is 0 Å². The highest BCUT2D eigenvalue weighted by molar-refractivity contribution is 5.96. The number of anilines is 2. The fraction of sp³-hybridized carbons (Fsp3) is 0.579. The minimum absolute atomic E-state index is 0.140. The molecule has 134 valence electrons. The van der Waals surface area contributed by atoms with Crippen molar-refractivity contribution in [3.05, 3.63) is 24.3 Å². The Kier molecular flexibility index (Phi) is 4.37. The summed E-state index contributed by atoms with van der Waals surface area (Å²) >= 11 is 0. The van der Waals surface area contributed by atoms with Crippen LogP contribution in [0.4, 0.5) is 11.4 Å². The van der Waals surface area contributed by atoms with Crippen LogP contribution in [-0.2, 0) is 14.3 Å². The van der Waals surface area contributed by atoms with Crippen LogP contribution in [0, 0.1) is 23.7 Å². The molecule has 2 bridgehead atoms. The van der Waals surface area contributed by atoms with Crippen LogP contribution in [0.3, 0.4) is 0 Å². The molecular weight excluding hydrogens is 320 g/mol. The second kappa shape index (κ2) is 6.67. The minimum Gasteiger partial charge on any atom is -0.481 e. The Morgan fingerprint density at radius 2 is 1.68 bits per heavy atom. The molecule has 1 aromatic carbocycles. The van der Waals surface area contributed by atoms with Gasteiger partial charge in [-0.2, -0.15) is 0 Å². The zero-order valence-corrected chi connectivity index (χ0v) is 14.2. The van der Waals surface area contributed by atoms with Gasteiger partial charge in [-0.05, 0) is 55.4 Å². The number of hydrogen-bond donors (Lipinski definition) is 2. The van der Waals surface area contributed by atoms with Crippen molar-refractivity contribution in [2.75, 3.05) is 36.5 Å². The van der Waals surface area contributed by atoms with Gasteiger partial charge in [-0.3, -0.25) is 9.59 Å². The maximum atomic E-state index is 12.7. The number of amides is 1. The molecule has 1 amide bonds. The molecule has 25 heavy (non-hydrogen) atoms. The monoisotopic (exact) mass is 344 g/mol. The van der Waals surface area contributed by atoms with Crippen molar-refractivity contribution >= 4 is 23.3 Å². The van der Waals surface area contributed by atoms with Gasteiger partial charge < -0.3 is 20.1 Å². The van der Waals surface area contributed by atoms with Crippen molar-refractivity contribution in [3.8, 4) is 0 Å². The standard InChI is InChI=1S/C19H24N2O4/c22-18(16-12-1-2-13(11-12)17(16)19(23)24)20-14-3-5-15(6-4-14)21-7-9-25-10-8-21/h3-6,12-13,16-17H,1-2,7-11H2,(H,20,22)(H,23,24)/t12-,13+,16-,17+/m0/s1. The Balaban J connectivity index is 1.43. The molecule has 3 fully saturated rings. The van der Waals surface area contributed by atoms with E-state index in [0.717, 1.165) is 56.9 Å². The molecule has 4 atom stereocenters. The SMILES string of the molecule is O=C(O)[C@@H]1[C@@H]2CC[C@@H](C2)[C@@H]1C(=O)Nc1ccc(N2CCOCC2)cc1. The van der Waals surface area contributed by atoms with Gasteiger partial charge in [-0.25, -0.2) is 0 Å². The third-order valence-corrected chi connectivity index (χ3v) is 6.02. The van der Waals surface area contributed by atoms with Gasteiger partial charge in [0.05, 0.1) is 25.0 Å².